The van der Waals surface area contributed by atoms with E-state index in [9.17, 15) is 0 Å². The molecule has 5 nitrogen and oxygen atoms in total. The molecule has 5 heteroatoms. The SMILES string of the molecule is Cc1nccc(NCc2ncc[nH]2)n1. The lowest BCUT2D eigenvalue weighted by Crippen LogP contribution is -2.03. The van der Waals surface area contributed by atoms with Crippen LogP contribution in [0.3, 0.4) is 0 Å². The maximum Gasteiger partial charge on any atom is 0.130 e. The second-order valence-corrected chi connectivity index (χ2v) is 2.88. The van der Waals surface area contributed by atoms with Gasteiger partial charge in [0.25, 0.3) is 0 Å². The number of nitrogens with zero attached hydrogens (tertiary/aromatic N) is 3. The van der Waals surface area contributed by atoms with Crippen molar-refractivity contribution in [2.45, 2.75) is 13.5 Å². The fraction of sp³-hybridized carbons (Fsp3) is 0.222. The van der Waals surface area contributed by atoms with Crippen LogP contribution in [0.25, 0.3) is 0 Å². The summed E-state index contributed by atoms with van der Waals surface area (Å²) in [5, 5.41) is 3.14. The van der Waals surface area contributed by atoms with E-state index in [0.717, 1.165) is 17.5 Å². The number of H-pyrrole nitrogens is 1. The summed E-state index contributed by atoms with van der Waals surface area (Å²) in [6.07, 6.45) is 5.25. The predicted octanol–water partition coefficient (Wildman–Crippen LogP) is 1.12. The van der Waals surface area contributed by atoms with E-state index < -0.39 is 0 Å². The highest BCUT2D eigenvalue weighted by molar-refractivity contribution is 5.32. The van der Waals surface area contributed by atoms with Gasteiger partial charge in [-0.25, -0.2) is 15.0 Å². The molecule has 2 N–H and O–H groups in total. The summed E-state index contributed by atoms with van der Waals surface area (Å²) in [6, 6.07) is 1.83. The number of hydrogen-bond donors (Lipinski definition) is 2. The lowest BCUT2D eigenvalue weighted by Gasteiger charge is -2.02. The normalized spacial score (nSPS) is 10.1. The third-order valence-electron chi connectivity index (χ3n) is 1.77. The van der Waals surface area contributed by atoms with Gasteiger partial charge in [-0.1, -0.05) is 0 Å². The van der Waals surface area contributed by atoms with Crippen LogP contribution in [0.15, 0.2) is 24.7 Å². The van der Waals surface area contributed by atoms with Crippen LogP contribution in [0, 0.1) is 6.92 Å². The van der Waals surface area contributed by atoms with E-state index in [1.807, 2.05) is 13.0 Å². The van der Waals surface area contributed by atoms with Crippen LogP contribution in [0.1, 0.15) is 11.6 Å². The molecule has 14 heavy (non-hydrogen) atoms. The minimum absolute atomic E-state index is 0.642. The molecule has 0 saturated carbocycles. The molecule has 0 aliphatic heterocycles. The molecule has 2 aromatic rings. The molecule has 2 rings (SSSR count). The van der Waals surface area contributed by atoms with Gasteiger partial charge in [0.1, 0.15) is 17.5 Å². The Hall–Kier alpha value is -1.91. The zero-order valence-corrected chi connectivity index (χ0v) is 7.86. The minimum atomic E-state index is 0.642. The van der Waals surface area contributed by atoms with Gasteiger partial charge in [0.15, 0.2) is 0 Å². The van der Waals surface area contributed by atoms with Crippen LogP contribution in [0.4, 0.5) is 5.82 Å². The molecular formula is C9H11N5. The average molecular weight is 189 g/mol. The Balaban J connectivity index is 1.98. The second kappa shape index (κ2) is 3.87. The molecule has 72 valence electrons. The Morgan fingerprint density at radius 1 is 1.36 bits per heavy atom. The molecule has 0 atom stereocenters. The van der Waals surface area contributed by atoms with Crippen LogP contribution in [-0.4, -0.2) is 19.9 Å². The fourth-order valence-electron chi connectivity index (χ4n) is 1.12. The highest BCUT2D eigenvalue weighted by Crippen LogP contribution is 2.02. The molecule has 0 fully saturated rings. The molecule has 0 saturated heterocycles. The van der Waals surface area contributed by atoms with E-state index in [-0.39, 0.29) is 0 Å². The van der Waals surface area contributed by atoms with Crippen molar-refractivity contribution >= 4 is 5.82 Å². The zero-order valence-electron chi connectivity index (χ0n) is 7.86. The second-order valence-electron chi connectivity index (χ2n) is 2.88. The van der Waals surface area contributed by atoms with Crippen molar-refractivity contribution in [1.29, 1.82) is 0 Å². The van der Waals surface area contributed by atoms with Gasteiger partial charge in [0.2, 0.25) is 0 Å². The largest absolute Gasteiger partial charge is 0.363 e. The van der Waals surface area contributed by atoms with Crippen molar-refractivity contribution < 1.29 is 0 Å². The molecule has 0 spiro atoms. The molecule has 2 heterocycles. The van der Waals surface area contributed by atoms with Crippen molar-refractivity contribution in [3.05, 3.63) is 36.3 Å². The van der Waals surface area contributed by atoms with Gasteiger partial charge < -0.3 is 10.3 Å². The summed E-state index contributed by atoms with van der Waals surface area (Å²) in [7, 11) is 0. The fourth-order valence-corrected chi connectivity index (χ4v) is 1.12. The predicted molar refractivity (Wildman–Crippen MR) is 52.7 cm³/mol. The minimum Gasteiger partial charge on any atom is -0.363 e. The Kier molecular flexibility index (Phi) is 2.40. The third kappa shape index (κ3) is 2.07. The van der Waals surface area contributed by atoms with Crippen LogP contribution in [0.2, 0.25) is 0 Å². The standard InChI is InChI=1S/C9H11N5/c1-7-10-3-2-8(14-7)13-6-9-11-4-5-12-9/h2-5H,6H2,1H3,(H,11,12)(H,10,13,14). The first-order chi connectivity index (χ1) is 6.84. The number of aromatic nitrogens is 4. The lowest BCUT2D eigenvalue weighted by atomic mass is 10.5. The molecule has 0 amide bonds. The maximum absolute atomic E-state index is 4.21. The van der Waals surface area contributed by atoms with E-state index in [1.165, 1.54) is 0 Å². The van der Waals surface area contributed by atoms with Gasteiger partial charge in [-0.3, -0.25) is 0 Å². The number of aromatic amines is 1. The summed E-state index contributed by atoms with van der Waals surface area (Å²) in [5.74, 6) is 2.46. The van der Waals surface area contributed by atoms with Crippen molar-refractivity contribution in [3.63, 3.8) is 0 Å². The monoisotopic (exact) mass is 189 g/mol. The van der Waals surface area contributed by atoms with Crippen molar-refractivity contribution in [3.8, 4) is 0 Å². The van der Waals surface area contributed by atoms with Gasteiger partial charge in [-0.05, 0) is 13.0 Å². The number of imidazole rings is 1. The van der Waals surface area contributed by atoms with Crippen LogP contribution in [-0.2, 0) is 6.54 Å². The molecule has 0 aliphatic carbocycles. The quantitative estimate of drug-likeness (QED) is 0.759. The van der Waals surface area contributed by atoms with Gasteiger partial charge in [0, 0.05) is 18.6 Å². The Morgan fingerprint density at radius 2 is 2.29 bits per heavy atom. The molecule has 0 bridgehead atoms. The van der Waals surface area contributed by atoms with E-state index >= 15 is 0 Å². The molecule has 2 aromatic heterocycles. The zero-order chi connectivity index (χ0) is 9.80. The number of rotatable bonds is 3. The molecule has 0 unspecified atom stereocenters. The summed E-state index contributed by atoms with van der Waals surface area (Å²) in [6.45, 7) is 2.50. The van der Waals surface area contributed by atoms with Gasteiger partial charge in [-0.2, -0.15) is 0 Å². The molecule has 0 aliphatic rings. The molecular weight excluding hydrogens is 178 g/mol. The summed E-state index contributed by atoms with van der Waals surface area (Å²) >= 11 is 0. The summed E-state index contributed by atoms with van der Waals surface area (Å²) < 4.78 is 0. The van der Waals surface area contributed by atoms with E-state index in [0.29, 0.717) is 6.54 Å². The molecule has 0 aromatic carbocycles. The first-order valence-corrected chi connectivity index (χ1v) is 4.36. The summed E-state index contributed by atoms with van der Waals surface area (Å²) in [5.41, 5.74) is 0. The highest BCUT2D eigenvalue weighted by atomic mass is 15.0. The van der Waals surface area contributed by atoms with E-state index in [2.05, 4.69) is 25.3 Å². The Morgan fingerprint density at radius 3 is 3.00 bits per heavy atom. The summed E-state index contributed by atoms with van der Waals surface area (Å²) in [4.78, 5) is 15.3. The Labute approximate surface area is 81.6 Å². The van der Waals surface area contributed by atoms with Gasteiger partial charge in [0.05, 0.1) is 6.54 Å². The number of hydrogen-bond acceptors (Lipinski definition) is 4. The van der Waals surface area contributed by atoms with Crippen LogP contribution < -0.4 is 5.32 Å². The first-order valence-electron chi connectivity index (χ1n) is 4.36. The van der Waals surface area contributed by atoms with Crippen molar-refractivity contribution in [2.24, 2.45) is 0 Å². The van der Waals surface area contributed by atoms with Crippen molar-refractivity contribution in [1.82, 2.24) is 19.9 Å². The Bertz CT molecular complexity index is 395. The number of nitrogens with one attached hydrogen (secondary N) is 2. The first kappa shape index (κ1) is 8.68. The average Bonchev–Trinajstić information content (AvgIpc) is 2.67. The third-order valence-corrected chi connectivity index (χ3v) is 1.77. The number of aryl methyl sites for hydroxylation is 1. The van der Waals surface area contributed by atoms with Crippen LogP contribution in [0.5, 0.6) is 0 Å². The van der Waals surface area contributed by atoms with Crippen LogP contribution >= 0.6 is 0 Å². The topological polar surface area (TPSA) is 66.5 Å². The number of anilines is 1. The van der Waals surface area contributed by atoms with E-state index in [1.54, 1.807) is 18.6 Å². The smallest absolute Gasteiger partial charge is 0.130 e. The highest BCUT2D eigenvalue weighted by Gasteiger charge is 1.96. The van der Waals surface area contributed by atoms with Crippen molar-refractivity contribution in [2.75, 3.05) is 5.32 Å². The lowest BCUT2D eigenvalue weighted by molar-refractivity contribution is 0.968. The molecule has 0 radical (unpaired) electrons. The van der Waals surface area contributed by atoms with Gasteiger partial charge >= 0.3 is 0 Å². The maximum atomic E-state index is 4.21. The van der Waals surface area contributed by atoms with Gasteiger partial charge in [-0.15, -0.1) is 0 Å². The van der Waals surface area contributed by atoms with E-state index in [4.69, 9.17) is 0 Å².